The molecule has 0 spiro atoms. The monoisotopic (exact) mass is 248 g/mol. The molecule has 1 heterocycles. The van der Waals surface area contributed by atoms with E-state index in [1.807, 2.05) is 42.6 Å². The second kappa shape index (κ2) is 5.59. The summed E-state index contributed by atoms with van der Waals surface area (Å²) in [7, 11) is 0. The van der Waals surface area contributed by atoms with Crippen molar-refractivity contribution in [2.24, 2.45) is 0 Å². The van der Waals surface area contributed by atoms with Gasteiger partial charge in [-0.1, -0.05) is 6.07 Å². The number of rotatable bonds is 5. The summed E-state index contributed by atoms with van der Waals surface area (Å²) in [4.78, 5) is 1.16. The van der Waals surface area contributed by atoms with Crippen molar-refractivity contribution < 1.29 is 4.74 Å². The Morgan fingerprint density at radius 2 is 2.24 bits per heavy atom. The van der Waals surface area contributed by atoms with Gasteiger partial charge in [0.15, 0.2) is 0 Å². The fraction of sp³-hybridized carbons (Fsp3) is 0.231. The zero-order valence-corrected chi connectivity index (χ0v) is 10.6. The second-order valence-electron chi connectivity index (χ2n) is 3.61. The molecule has 0 atom stereocenters. The Bertz CT molecular complexity index is 482. The van der Waals surface area contributed by atoms with Gasteiger partial charge < -0.3 is 15.8 Å². The Labute approximate surface area is 105 Å². The first kappa shape index (κ1) is 11.8. The molecule has 1 aromatic heterocycles. The van der Waals surface area contributed by atoms with Crippen molar-refractivity contribution in [2.45, 2.75) is 13.5 Å². The van der Waals surface area contributed by atoms with Crippen LogP contribution >= 0.6 is 11.3 Å². The van der Waals surface area contributed by atoms with Crippen LogP contribution in [0.1, 0.15) is 11.8 Å². The third-order valence-electron chi connectivity index (χ3n) is 2.38. The summed E-state index contributed by atoms with van der Waals surface area (Å²) >= 11 is 1.66. The predicted molar refractivity (Wildman–Crippen MR) is 73.7 cm³/mol. The van der Waals surface area contributed by atoms with E-state index in [4.69, 9.17) is 10.5 Å². The molecule has 0 radical (unpaired) electrons. The van der Waals surface area contributed by atoms with Crippen molar-refractivity contribution in [1.82, 2.24) is 0 Å². The molecule has 0 amide bonds. The van der Waals surface area contributed by atoms with Crippen LogP contribution in [0.2, 0.25) is 0 Å². The lowest BCUT2D eigenvalue weighted by Gasteiger charge is -2.08. The summed E-state index contributed by atoms with van der Waals surface area (Å²) in [5.74, 6) is 0.886. The minimum atomic E-state index is 0.682. The first-order valence-electron chi connectivity index (χ1n) is 5.58. The largest absolute Gasteiger partial charge is 0.494 e. The van der Waals surface area contributed by atoms with Gasteiger partial charge in [-0.15, -0.1) is 11.3 Å². The van der Waals surface area contributed by atoms with Crippen LogP contribution in [0.15, 0.2) is 35.7 Å². The molecule has 2 aromatic rings. The number of hydrogen-bond acceptors (Lipinski definition) is 4. The third-order valence-corrected chi connectivity index (χ3v) is 3.31. The summed E-state index contributed by atoms with van der Waals surface area (Å²) in [5, 5.41) is 5.34. The van der Waals surface area contributed by atoms with Crippen LogP contribution in [0, 0.1) is 0 Å². The average Bonchev–Trinajstić information content (AvgIpc) is 2.73. The zero-order valence-electron chi connectivity index (χ0n) is 9.77. The van der Waals surface area contributed by atoms with Crippen LogP contribution in [0.3, 0.4) is 0 Å². The van der Waals surface area contributed by atoms with Gasteiger partial charge in [-0.2, -0.15) is 0 Å². The molecular formula is C13H16N2OS. The Balaban J connectivity index is 1.99. The fourth-order valence-electron chi connectivity index (χ4n) is 1.54. The Morgan fingerprint density at radius 1 is 1.35 bits per heavy atom. The quantitative estimate of drug-likeness (QED) is 0.853. The lowest BCUT2D eigenvalue weighted by molar-refractivity contribution is 0.340. The first-order valence-corrected chi connectivity index (χ1v) is 6.46. The van der Waals surface area contributed by atoms with Crippen LogP contribution in [0.5, 0.6) is 5.75 Å². The van der Waals surface area contributed by atoms with Gasteiger partial charge in [0.25, 0.3) is 0 Å². The SMILES string of the molecule is CCOc1cccc(NCc2sccc2N)c1. The molecule has 3 N–H and O–H groups in total. The lowest BCUT2D eigenvalue weighted by atomic mass is 10.3. The molecular weight excluding hydrogens is 232 g/mol. The highest BCUT2D eigenvalue weighted by Gasteiger charge is 2.01. The molecule has 0 fully saturated rings. The summed E-state index contributed by atoms with van der Waals surface area (Å²) < 4.78 is 5.45. The van der Waals surface area contributed by atoms with Crippen LogP contribution in [0.25, 0.3) is 0 Å². The molecule has 3 nitrogen and oxygen atoms in total. The summed E-state index contributed by atoms with van der Waals surface area (Å²) in [6, 6.07) is 9.87. The molecule has 0 unspecified atom stereocenters. The number of benzene rings is 1. The minimum absolute atomic E-state index is 0.682. The van der Waals surface area contributed by atoms with E-state index in [1.165, 1.54) is 0 Å². The molecule has 0 bridgehead atoms. The topological polar surface area (TPSA) is 47.3 Å². The molecule has 1 aromatic carbocycles. The number of anilines is 2. The first-order chi connectivity index (χ1) is 8.29. The zero-order chi connectivity index (χ0) is 12.1. The lowest BCUT2D eigenvalue weighted by Crippen LogP contribution is -2.00. The maximum atomic E-state index is 5.83. The number of thiophene rings is 1. The van der Waals surface area contributed by atoms with E-state index in [0.29, 0.717) is 6.61 Å². The number of nitrogens with one attached hydrogen (secondary N) is 1. The minimum Gasteiger partial charge on any atom is -0.494 e. The summed E-state index contributed by atoms with van der Waals surface area (Å²) in [6.07, 6.45) is 0. The fourth-order valence-corrected chi connectivity index (χ4v) is 2.28. The maximum absolute atomic E-state index is 5.83. The van der Waals surface area contributed by atoms with Gasteiger partial charge in [0.2, 0.25) is 0 Å². The molecule has 0 aliphatic heterocycles. The highest BCUT2D eigenvalue weighted by atomic mass is 32.1. The molecule has 90 valence electrons. The van der Waals surface area contributed by atoms with Crippen molar-refractivity contribution in [1.29, 1.82) is 0 Å². The van der Waals surface area contributed by atoms with E-state index >= 15 is 0 Å². The number of nitrogen functional groups attached to an aromatic ring is 1. The molecule has 0 aliphatic carbocycles. The third kappa shape index (κ3) is 3.14. The Hall–Kier alpha value is -1.68. The molecule has 0 saturated heterocycles. The van der Waals surface area contributed by atoms with E-state index < -0.39 is 0 Å². The Kier molecular flexibility index (Phi) is 3.88. The van der Waals surface area contributed by atoms with Crippen LogP contribution in [-0.4, -0.2) is 6.61 Å². The van der Waals surface area contributed by atoms with Gasteiger partial charge in [-0.3, -0.25) is 0 Å². The number of ether oxygens (including phenoxy) is 1. The molecule has 0 saturated carbocycles. The number of nitrogens with two attached hydrogens (primary N) is 1. The van der Waals surface area contributed by atoms with Crippen molar-refractivity contribution in [3.63, 3.8) is 0 Å². The highest BCUT2D eigenvalue weighted by Crippen LogP contribution is 2.22. The van der Waals surface area contributed by atoms with E-state index in [2.05, 4.69) is 5.32 Å². The molecule has 2 rings (SSSR count). The Morgan fingerprint density at radius 3 is 2.94 bits per heavy atom. The van der Waals surface area contributed by atoms with Gasteiger partial charge >= 0.3 is 0 Å². The van der Waals surface area contributed by atoms with Crippen LogP contribution in [-0.2, 0) is 6.54 Å². The maximum Gasteiger partial charge on any atom is 0.121 e. The van der Waals surface area contributed by atoms with Gasteiger partial charge in [-0.05, 0) is 30.5 Å². The van der Waals surface area contributed by atoms with Crippen LogP contribution in [0.4, 0.5) is 11.4 Å². The number of hydrogen-bond donors (Lipinski definition) is 2. The normalized spacial score (nSPS) is 10.2. The van der Waals surface area contributed by atoms with E-state index in [-0.39, 0.29) is 0 Å². The molecule has 17 heavy (non-hydrogen) atoms. The highest BCUT2D eigenvalue weighted by molar-refractivity contribution is 7.10. The van der Waals surface area contributed by atoms with E-state index in [1.54, 1.807) is 11.3 Å². The van der Waals surface area contributed by atoms with Gasteiger partial charge in [0.1, 0.15) is 5.75 Å². The van der Waals surface area contributed by atoms with Crippen molar-refractivity contribution in [2.75, 3.05) is 17.7 Å². The predicted octanol–water partition coefficient (Wildman–Crippen LogP) is 3.34. The van der Waals surface area contributed by atoms with Crippen molar-refractivity contribution >= 4 is 22.7 Å². The average molecular weight is 248 g/mol. The van der Waals surface area contributed by atoms with Gasteiger partial charge in [-0.25, -0.2) is 0 Å². The standard InChI is InChI=1S/C13H16N2OS/c1-2-16-11-5-3-4-10(8-11)15-9-13-12(14)6-7-17-13/h3-8,15H,2,9,14H2,1H3. The van der Waals surface area contributed by atoms with Crippen molar-refractivity contribution in [3.05, 3.63) is 40.6 Å². The summed E-state index contributed by atoms with van der Waals surface area (Å²) in [6.45, 7) is 3.41. The van der Waals surface area contributed by atoms with E-state index in [0.717, 1.165) is 28.5 Å². The van der Waals surface area contributed by atoms with Crippen molar-refractivity contribution in [3.8, 4) is 5.75 Å². The van der Waals surface area contributed by atoms with Crippen LogP contribution < -0.4 is 15.8 Å². The van der Waals surface area contributed by atoms with Gasteiger partial charge in [0.05, 0.1) is 13.2 Å². The molecule has 4 heteroatoms. The summed E-state index contributed by atoms with van der Waals surface area (Å²) in [5.41, 5.74) is 7.72. The molecule has 0 aliphatic rings. The second-order valence-corrected chi connectivity index (χ2v) is 4.61. The van der Waals surface area contributed by atoms with Gasteiger partial charge in [0, 0.05) is 22.3 Å². The van der Waals surface area contributed by atoms with E-state index in [9.17, 15) is 0 Å². The smallest absolute Gasteiger partial charge is 0.121 e.